The van der Waals surface area contributed by atoms with Crippen LogP contribution in [-0.2, 0) is 35.3 Å². The van der Waals surface area contributed by atoms with E-state index in [0.29, 0.717) is 22.6 Å². The number of rotatable bonds is 5. The summed E-state index contributed by atoms with van der Waals surface area (Å²) in [6, 6.07) is 3.14. The highest BCUT2D eigenvalue weighted by Gasteiger charge is 2.38. The van der Waals surface area contributed by atoms with Gasteiger partial charge in [-0.2, -0.15) is 18.2 Å². The number of alkyl halides is 3. The Balaban J connectivity index is 1.56. The summed E-state index contributed by atoms with van der Waals surface area (Å²) < 4.78 is 62.7. The molecular formula is C17H16F3N7O2S. The number of hydrogen-bond acceptors (Lipinski definition) is 7. The third-order valence-electron chi connectivity index (χ3n) is 4.10. The topological polar surface area (TPSA) is 103 Å². The molecule has 1 unspecified atom stereocenters. The van der Waals surface area contributed by atoms with Crippen molar-refractivity contribution in [3.63, 3.8) is 0 Å². The maximum atomic E-state index is 12.8. The molecule has 0 aromatic carbocycles. The largest absolute Gasteiger partial charge is 0.471 e. The summed E-state index contributed by atoms with van der Waals surface area (Å²) in [4.78, 5) is 11.9. The van der Waals surface area contributed by atoms with Crippen LogP contribution in [0.2, 0.25) is 0 Å². The number of imidazole rings is 2. The summed E-state index contributed by atoms with van der Waals surface area (Å²) in [7, 11) is -0.725. The third kappa shape index (κ3) is 4.35. The Bertz CT molecular complexity index is 1330. The van der Waals surface area contributed by atoms with Gasteiger partial charge in [-0.1, -0.05) is 5.16 Å². The lowest BCUT2D eigenvalue weighted by molar-refractivity contribution is -0.159. The van der Waals surface area contributed by atoms with Crippen LogP contribution in [0.1, 0.15) is 17.3 Å². The van der Waals surface area contributed by atoms with Crippen molar-refractivity contribution in [3.05, 3.63) is 54.3 Å². The lowest BCUT2D eigenvalue weighted by Crippen LogP contribution is -2.04. The second-order valence-electron chi connectivity index (χ2n) is 6.76. The molecule has 0 radical (unpaired) electrons. The van der Waals surface area contributed by atoms with Crippen LogP contribution >= 0.6 is 0 Å². The van der Waals surface area contributed by atoms with Crippen molar-refractivity contribution in [2.75, 3.05) is 6.26 Å². The lowest BCUT2D eigenvalue weighted by atomic mass is 10.3. The van der Waals surface area contributed by atoms with Crippen molar-refractivity contribution < 1.29 is 21.9 Å². The van der Waals surface area contributed by atoms with Gasteiger partial charge in [0.2, 0.25) is 5.82 Å². The number of halogens is 3. The zero-order valence-corrected chi connectivity index (χ0v) is 16.7. The highest BCUT2D eigenvalue weighted by atomic mass is 32.2. The molecule has 4 aromatic heterocycles. The minimum Gasteiger partial charge on any atom is -0.340 e. The van der Waals surface area contributed by atoms with Crippen molar-refractivity contribution in [1.29, 1.82) is 0 Å². The molecule has 1 atom stereocenters. The number of hydrogen-bond donors (Lipinski definition) is 0. The number of aryl methyl sites for hydroxylation is 1. The molecule has 0 fully saturated rings. The Hall–Kier alpha value is -3.22. The van der Waals surface area contributed by atoms with Crippen LogP contribution in [0.25, 0.3) is 17.0 Å². The molecule has 0 saturated heterocycles. The van der Waals surface area contributed by atoms with E-state index in [4.69, 9.17) is 0 Å². The third-order valence-corrected chi connectivity index (χ3v) is 5.61. The Labute approximate surface area is 168 Å². The van der Waals surface area contributed by atoms with Crippen LogP contribution in [-0.4, -0.2) is 39.5 Å². The molecule has 0 amide bonds. The first-order chi connectivity index (χ1) is 14.1. The van der Waals surface area contributed by atoms with E-state index in [0.717, 1.165) is 0 Å². The molecule has 4 rings (SSSR count). The van der Waals surface area contributed by atoms with E-state index in [1.54, 1.807) is 40.0 Å². The number of fused-ring (bicyclic) bond motifs is 1. The van der Waals surface area contributed by atoms with Crippen LogP contribution in [0.5, 0.6) is 0 Å². The Morgan fingerprint density at radius 1 is 1.17 bits per heavy atom. The summed E-state index contributed by atoms with van der Waals surface area (Å²) in [6.07, 6.45) is 3.44. The molecule has 0 aliphatic rings. The van der Waals surface area contributed by atoms with Crippen molar-refractivity contribution in [2.24, 2.45) is 11.4 Å². The van der Waals surface area contributed by atoms with Crippen LogP contribution in [0.4, 0.5) is 13.2 Å². The van der Waals surface area contributed by atoms with Gasteiger partial charge < -0.3 is 13.5 Å². The van der Waals surface area contributed by atoms with Gasteiger partial charge in [-0.25, -0.2) is 18.5 Å². The van der Waals surface area contributed by atoms with Crippen LogP contribution in [0.3, 0.4) is 0 Å². The van der Waals surface area contributed by atoms with Gasteiger partial charge in [-0.3, -0.25) is 0 Å². The fourth-order valence-electron chi connectivity index (χ4n) is 2.77. The Morgan fingerprint density at radius 2 is 1.97 bits per heavy atom. The monoisotopic (exact) mass is 439 g/mol. The zero-order chi connectivity index (χ0) is 21.5. The van der Waals surface area contributed by atoms with E-state index < -0.39 is 21.8 Å². The van der Waals surface area contributed by atoms with E-state index in [2.05, 4.69) is 29.0 Å². The van der Waals surface area contributed by atoms with E-state index in [9.17, 15) is 17.4 Å². The predicted octanol–water partition coefficient (Wildman–Crippen LogP) is 2.93. The van der Waals surface area contributed by atoms with Gasteiger partial charge >= 0.3 is 12.1 Å². The van der Waals surface area contributed by atoms with Gasteiger partial charge in [0, 0.05) is 47.2 Å². The normalized spacial score (nSPS) is 14.2. The fraction of sp³-hybridized carbons (Fsp3) is 0.294. The fourth-order valence-corrected chi connectivity index (χ4v) is 3.96. The maximum Gasteiger partial charge on any atom is 0.471 e. The molecule has 30 heavy (non-hydrogen) atoms. The summed E-state index contributed by atoms with van der Waals surface area (Å²) in [6.45, 7) is 0.229. The highest BCUT2D eigenvalue weighted by molar-refractivity contribution is 7.92. The molecule has 4 heterocycles. The van der Waals surface area contributed by atoms with Gasteiger partial charge in [-0.15, -0.1) is 0 Å². The first kappa shape index (κ1) is 20.1. The summed E-state index contributed by atoms with van der Waals surface area (Å²) in [5.41, 5.74) is 2.11. The average molecular weight is 439 g/mol. The molecule has 0 N–H and O–H groups in total. The van der Waals surface area contributed by atoms with Crippen LogP contribution in [0, 0.1) is 0 Å². The molecule has 4 aromatic rings. The Morgan fingerprint density at radius 3 is 2.63 bits per heavy atom. The lowest BCUT2D eigenvalue weighted by Gasteiger charge is -2.00. The molecule has 0 aliphatic heterocycles. The first-order valence-corrected chi connectivity index (χ1v) is 10.7. The zero-order valence-electron chi connectivity index (χ0n) is 15.9. The van der Waals surface area contributed by atoms with Crippen LogP contribution < -0.4 is 0 Å². The molecule has 9 nitrogen and oxygen atoms in total. The maximum absolute atomic E-state index is 12.8. The second-order valence-corrected chi connectivity index (χ2v) is 9.22. The van der Waals surface area contributed by atoms with Crippen molar-refractivity contribution >= 4 is 15.4 Å². The van der Waals surface area contributed by atoms with Crippen molar-refractivity contribution in [1.82, 2.24) is 29.1 Å². The van der Waals surface area contributed by atoms with Gasteiger partial charge in [0.1, 0.15) is 5.65 Å². The van der Waals surface area contributed by atoms with Gasteiger partial charge in [0.05, 0.1) is 30.0 Å². The van der Waals surface area contributed by atoms with E-state index in [1.165, 1.54) is 12.3 Å². The molecular weight excluding hydrogens is 423 g/mol. The SMILES string of the molecule is Cn1cnc(CN=S(C)(=O)Cc2cn3cc(-c4noc(C(F)(F)F)n4)ccc3n2)c1. The number of aromatic nitrogens is 6. The molecule has 158 valence electrons. The van der Waals surface area contributed by atoms with E-state index in [1.807, 2.05) is 7.05 Å². The summed E-state index contributed by atoms with van der Waals surface area (Å²) >= 11 is 0. The smallest absolute Gasteiger partial charge is 0.340 e. The molecule has 0 aliphatic carbocycles. The van der Waals surface area contributed by atoms with E-state index in [-0.39, 0.29) is 18.1 Å². The minimum atomic E-state index is -4.71. The molecule has 13 heteroatoms. The molecule has 0 spiro atoms. The van der Waals surface area contributed by atoms with Gasteiger partial charge in [0.15, 0.2) is 0 Å². The number of nitrogens with zero attached hydrogens (tertiary/aromatic N) is 7. The predicted molar refractivity (Wildman–Crippen MR) is 101 cm³/mol. The van der Waals surface area contributed by atoms with Gasteiger partial charge in [-0.05, 0) is 12.1 Å². The Kier molecular flexibility index (Phi) is 4.84. The van der Waals surface area contributed by atoms with Crippen LogP contribution in [0.15, 0.2) is 45.9 Å². The van der Waals surface area contributed by atoms with Crippen molar-refractivity contribution in [2.45, 2.75) is 18.5 Å². The molecule has 0 bridgehead atoms. The standard InChI is InChI=1S/C17H16F3N7O2S/c1-26-7-12(21-10-26)5-22-30(2,28)9-13-8-27-6-11(3-4-14(27)23-13)15-24-16(29-25-15)17(18,19)20/h3-4,6-8,10H,5,9H2,1-2H3. The summed E-state index contributed by atoms with van der Waals surface area (Å²) in [5.74, 6) is -1.48. The first-order valence-electron chi connectivity index (χ1n) is 8.60. The summed E-state index contributed by atoms with van der Waals surface area (Å²) in [5, 5.41) is 3.37. The van der Waals surface area contributed by atoms with Gasteiger partial charge in [0.25, 0.3) is 0 Å². The molecule has 0 saturated carbocycles. The highest BCUT2D eigenvalue weighted by Crippen LogP contribution is 2.29. The quantitative estimate of drug-likeness (QED) is 0.474. The minimum absolute atomic E-state index is 0.122. The number of pyridine rings is 1. The van der Waals surface area contributed by atoms with Crippen molar-refractivity contribution in [3.8, 4) is 11.4 Å². The second kappa shape index (κ2) is 7.23. The van der Waals surface area contributed by atoms with E-state index >= 15 is 0 Å². The average Bonchev–Trinajstić information content (AvgIpc) is 3.37.